The van der Waals surface area contributed by atoms with E-state index >= 15 is 0 Å². The molecule has 11 heterocycles. The Hall–Kier alpha value is -2.32. The summed E-state index contributed by atoms with van der Waals surface area (Å²) in [5.74, 6) is 3.95. The zero-order valence-electron chi connectivity index (χ0n) is 20.7. The molecule has 5 radical (unpaired) electrons. The van der Waals surface area contributed by atoms with Crippen molar-refractivity contribution in [3.63, 3.8) is 0 Å². The van der Waals surface area contributed by atoms with E-state index in [1.54, 1.807) is 5.30 Å². The van der Waals surface area contributed by atoms with Crippen molar-refractivity contribution in [3.05, 3.63) is 66.7 Å². The van der Waals surface area contributed by atoms with Crippen LogP contribution in [0.1, 0.15) is 0 Å². The number of nitrogens with one attached hydrogen (secondary N) is 1. The summed E-state index contributed by atoms with van der Waals surface area (Å²) in [6, 6.07) is 24.6. The molecule has 0 amide bonds. The first-order chi connectivity index (χ1) is 19.2. The third-order valence-electron chi connectivity index (χ3n) is 12.8. The molecule has 10 aliphatic heterocycles. The van der Waals surface area contributed by atoms with Crippen molar-refractivity contribution in [1.29, 1.82) is 0 Å². The summed E-state index contributed by atoms with van der Waals surface area (Å²) in [4.78, 5) is 4.70. The first-order valence-electron chi connectivity index (χ1n) is 14.3. The molecular formula is C24H12B9N2O2P2-2. The summed E-state index contributed by atoms with van der Waals surface area (Å²) in [6.45, 7) is 5.62. The Morgan fingerprint density at radius 2 is 1.56 bits per heavy atom. The minimum atomic E-state index is -2.18. The molecule has 7 fully saturated rings. The molecule has 7 saturated heterocycles. The van der Waals surface area contributed by atoms with Gasteiger partial charge in [-0.3, -0.25) is 0 Å². The van der Waals surface area contributed by atoms with Gasteiger partial charge >= 0.3 is 229 Å². The number of hydrogen-bond acceptors (Lipinski definition) is 3. The van der Waals surface area contributed by atoms with Gasteiger partial charge in [0.05, 0.1) is 0 Å². The van der Waals surface area contributed by atoms with Crippen molar-refractivity contribution in [1.82, 2.24) is 9.42 Å². The molecule has 5 aromatic rings. The van der Waals surface area contributed by atoms with E-state index in [2.05, 4.69) is 92.1 Å². The molecule has 2 bridgehead atoms. The van der Waals surface area contributed by atoms with Crippen LogP contribution >= 0.6 is 12.7 Å². The van der Waals surface area contributed by atoms with Gasteiger partial charge in [-0.2, -0.15) is 0 Å². The molecule has 0 aliphatic carbocycles. The molecule has 39 heavy (non-hydrogen) atoms. The Kier molecular flexibility index (Phi) is 2.32. The predicted molar refractivity (Wildman–Crippen MR) is 175 cm³/mol. The summed E-state index contributed by atoms with van der Waals surface area (Å²) in [5, 5.41) is 4.57. The third kappa shape index (κ3) is 1.46. The van der Waals surface area contributed by atoms with Gasteiger partial charge in [-0.15, -0.1) is 0 Å². The molecule has 169 valence electrons. The summed E-state index contributed by atoms with van der Waals surface area (Å²) in [7, 11) is 2.69. The number of nitrogens with zero attached hydrogens (tertiary/aromatic N) is 1. The molecule has 10 aliphatic rings. The topological polar surface area (TPSA) is 35.4 Å². The van der Waals surface area contributed by atoms with Crippen LogP contribution in [0.2, 0.25) is 0 Å². The molecule has 4 aromatic carbocycles. The molecule has 1 aromatic heterocycles. The van der Waals surface area contributed by atoms with Crippen LogP contribution in [0.25, 0.3) is 27.5 Å². The number of benzene rings is 4. The number of hydrogen-bond donors (Lipinski definition) is 1. The Balaban J connectivity index is 1.20. The van der Waals surface area contributed by atoms with Crippen LogP contribution < -0.4 is 36.0 Å². The van der Waals surface area contributed by atoms with Crippen LogP contribution in [0.15, 0.2) is 66.7 Å². The van der Waals surface area contributed by atoms with Gasteiger partial charge in [0.15, 0.2) is 0 Å². The fourth-order valence-electron chi connectivity index (χ4n) is 10.6. The van der Waals surface area contributed by atoms with Gasteiger partial charge in [-0.05, 0) is 0 Å². The third-order valence-corrected chi connectivity index (χ3v) is 27.2. The molecule has 0 atom stereocenters. The second kappa shape index (κ2) is 4.79. The molecular weight excluding hydrogens is 508 g/mol. The van der Waals surface area contributed by atoms with E-state index in [0.717, 1.165) is 54.1 Å². The average Bonchev–Trinajstić information content (AvgIpc) is 3.89. The number of rotatable bonds is 3. The quantitative estimate of drug-likeness (QED) is 0.281. The van der Waals surface area contributed by atoms with Gasteiger partial charge in [0.25, 0.3) is 0 Å². The van der Waals surface area contributed by atoms with Crippen molar-refractivity contribution in [2.75, 3.05) is 0 Å². The van der Waals surface area contributed by atoms with Crippen molar-refractivity contribution in [2.45, 2.75) is 0 Å². The van der Waals surface area contributed by atoms with Gasteiger partial charge in [0.2, 0.25) is 0 Å². The molecule has 1 spiro atoms. The van der Waals surface area contributed by atoms with E-state index in [9.17, 15) is 0 Å². The molecule has 0 unspecified atom stereocenters. The van der Waals surface area contributed by atoms with E-state index in [1.165, 1.54) is 43.9 Å². The Morgan fingerprint density at radius 1 is 0.821 bits per heavy atom. The van der Waals surface area contributed by atoms with Gasteiger partial charge in [-0.25, -0.2) is 0 Å². The van der Waals surface area contributed by atoms with E-state index in [1.807, 2.05) is 0 Å². The van der Waals surface area contributed by atoms with Crippen LogP contribution in [0.4, 0.5) is 0 Å². The van der Waals surface area contributed by atoms with Crippen LogP contribution in [0.3, 0.4) is 0 Å². The molecule has 4 nitrogen and oxygen atoms in total. The SMILES string of the molecule is [B]1B2B3[B-]P123NP12(c3cc4c5c6c3c3ccccc3n6-c3cccc6c3B5c3c(cccc3O4)O6)B3[B-]B1B32. The van der Waals surface area contributed by atoms with Crippen molar-refractivity contribution in [3.8, 4) is 28.7 Å². The van der Waals surface area contributed by atoms with Gasteiger partial charge in [0.1, 0.15) is 0 Å². The van der Waals surface area contributed by atoms with Crippen molar-refractivity contribution in [2.24, 2.45) is 0 Å². The van der Waals surface area contributed by atoms with E-state index < -0.39 is 12.7 Å². The van der Waals surface area contributed by atoms with E-state index in [4.69, 9.17) is 14.3 Å². The maximum absolute atomic E-state index is 6.92. The summed E-state index contributed by atoms with van der Waals surface area (Å²) >= 11 is 0. The van der Waals surface area contributed by atoms with Crippen LogP contribution in [-0.2, 0) is 0 Å². The van der Waals surface area contributed by atoms with Crippen LogP contribution in [0.5, 0.6) is 23.0 Å². The fraction of sp³-hybridized carbons (Fsp3) is 0. The van der Waals surface area contributed by atoms with Gasteiger partial charge < -0.3 is 0 Å². The summed E-state index contributed by atoms with van der Waals surface area (Å²) in [5.41, 5.74) is 7.78. The summed E-state index contributed by atoms with van der Waals surface area (Å²) < 4.78 is 16.0. The Bertz CT molecular complexity index is 2240. The number of para-hydroxylation sites is 1. The second-order valence-electron chi connectivity index (χ2n) is 13.7. The molecule has 15 rings (SSSR count). The zero-order chi connectivity index (χ0) is 24.5. The number of fused-ring (bicyclic) bond motifs is 5. The van der Waals surface area contributed by atoms with Crippen molar-refractivity contribution < 1.29 is 9.47 Å². The minimum absolute atomic E-state index is 0.141. The first kappa shape index (κ1) is 18.9. The standard InChI is InChI=1S/C24H12B9N2O2P2/c1-2-6-13-12(5-1)20-19(38(29-25-30(38)33(29)38)34-39-26-31(39)32(39)27-39)11-18-23-24(20)35(13)14-7-3-8-15-21(14)28(23)22-16(36-15)9-4-10-17(22)37-18/h1-11,34H/q-2. The van der Waals surface area contributed by atoms with Gasteiger partial charge in [0, 0.05) is 0 Å². The maximum atomic E-state index is 6.92. The number of aromatic nitrogens is 1. The molecule has 15 heteroatoms. The zero-order valence-corrected chi connectivity index (χ0v) is 22.5. The van der Waals surface area contributed by atoms with Gasteiger partial charge in [-0.1, -0.05) is 0 Å². The normalized spacial score (nSPS) is 27.3. The Morgan fingerprint density at radius 3 is 2.28 bits per heavy atom. The van der Waals surface area contributed by atoms with Crippen LogP contribution in [0, 0.1) is 0 Å². The molecule has 0 saturated carbocycles. The fourth-order valence-corrected chi connectivity index (χ4v) is 30.1. The second-order valence-corrected chi connectivity index (χ2v) is 24.0. The monoisotopic (exact) mass is 521 g/mol. The van der Waals surface area contributed by atoms with E-state index in [0.29, 0.717) is 0 Å². The first-order valence-corrected chi connectivity index (χ1v) is 19.3. The van der Waals surface area contributed by atoms with Crippen molar-refractivity contribution >= 4 is 115 Å². The average molecular weight is 520 g/mol. The summed E-state index contributed by atoms with van der Waals surface area (Å²) in [6.07, 6.45) is 0.523. The van der Waals surface area contributed by atoms with Crippen LogP contribution in [-0.4, -0.2) is 63.2 Å². The molecule has 1 N–H and O–H groups in total. The predicted octanol–water partition coefficient (Wildman–Crippen LogP) is 1.18. The Labute approximate surface area is 228 Å². The number of ether oxygens (including phenoxy) is 2. The van der Waals surface area contributed by atoms with E-state index in [-0.39, 0.29) is 6.71 Å².